The van der Waals surface area contributed by atoms with Gasteiger partial charge in [0.05, 0.1) is 16.7 Å². The SMILES string of the molecule is c1ccc(-c2ccc(-c3ccccc3)c(N(c3ccc(-c4cccc5c4sc4ccccc45)c(-c4ccccc4)c3)c3ccc4c5ccccc5n(-c5ccccc5)c4c3)c2)cc1. The maximum Gasteiger partial charge on any atom is 0.0561 e. The molecule has 2 nitrogen and oxygen atoms in total. The lowest BCUT2D eigenvalue weighted by Crippen LogP contribution is -2.12. The summed E-state index contributed by atoms with van der Waals surface area (Å²) in [6.45, 7) is 0. The second-order valence-electron chi connectivity index (χ2n) is 16.1. The topological polar surface area (TPSA) is 8.17 Å². The lowest BCUT2D eigenvalue weighted by atomic mass is 9.92. The van der Waals surface area contributed by atoms with Crippen LogP contribution in [0.4, 0.5) is 17.1 Å². The van der Waals surface area contributed by atoms with Gasteiger partial charge < -0.3 is 9.47 Å². The fraction of sp³-hybridized carbons (Fsp3) is 0. The van der Waals surface area contributed by atoms with Gasteiger partial charge in [0.1, 0.15) is 0 Å². The van der Waals surface area contributed by atoms with Gasteiger partial charge in [0.15, 0.2) is 0 Å². The quantitative estimate of drug-likeness (QED) is 0.148. The Bertz CT molecular complexity index is 3610. The molecule has 0 fully saturated rings. The largest absolute Gasteiger partial charge is 0.310 e. The van der Waals surface area contributed by atoms with Crippen molar-refractivity contribution >= 4 is 70.4 Å². The van der Waals surface area contributed by atoms with Crippen molar-refractivity contribution < 1.29 is 0 Å². The second-order valence-corrected chi connectivity index (χ2v) is 17.1. The highest BCUT2D eigenvalue weighted by Gasteiger charge is 2.23. The van der Waals surface area contributed by atoms with Crippen LogP contribution in [0.15, 0.2) is 243 Å². The molecule has 0 amide bonds. The summed E-state index contributed by atoms with van der Waals surface area (Å²) >= 11 is 1.88. The fourth-order valence-corrected chi connectivity index (χ4v) is 10.7. The van der Waals surface area contributed by atoms with Gasteiger partial charge in [-0.05, 0) is 88.0 Å². The monoisotopic (exact) mass is 820 g/mol. The van der Waals surface area contributed by atoms with Crippen molar-refractivity contribution in [1.82, 2.24) is 4.57 Å². The minimum absolute atomic E-state index is 1.07. The molecule has 0 bridgehead atoms. The summed E-state index contributed by atoms with van der Waals surface area (Å²) < 4.78 is 5.02. The smallest absolute Gasteiger partial charge is 0.0561 e. The molecule has 0 N–H and O–H groups in total. The molecule has 12 rings (SSSR count). The van der Waals surface area contributed by atoms with E-state index in [0.717, 1.165) is 45.0 Å². The number of benzene rings is 10. The number of thiophene rings is 1. The zero-order valence-electron chi connectivity index (χ0n) is 34.4. The Kier molecular flexibility index (Phi) is 9.06. The second kappa shape index (κ2) is 15.5. The van der Waals surface area contributed by atoms with Gasteiger partial charge in [0.25, 0.3) is 0 Å². The van der Waals surface area contributed by atoms with E-state index in [4.69, 9.17) is 0 Å². The van der Waals surface area contributed by atoms with E-state index in [9.17, 15) is 0 Å². The van der Waals surface area contributed by atoms with Gasteiger partial charge in [0.2, 0.25) is 0 Å². The summed E-state index contributed by atoms with van der Waals surface area (Å²) in [4.78, 5) is 2.48. The normalized spacial score (nSPS) is 11.5. The number of nitrogens with zero attached hydrogens (tertiary/aromatic N) is 2. The summed E-state index contributed by atoms with van der Waals surface area (Å²) in [6, 6.07) is 88.5. The van der Waals surface area contributed by atoms with Crippen LogP contribution in [-0.4, -0.2) is 4.57 Å². The lowest BCUT2D eigenvalue weighted by Gasteiger charge is -2.30. The molecule has 2 heterocycles. The molecular weight excluding hydrogens is 781 g/mol. The number of para-hydroxylation sites is 2. The highest BCUT2D eigenvalue weighted by molar-refractivity contribution is 7.26. The van der Waals surface area contributed by atoms with Crippen LogP contribution in [0.1, 0.15) is 0 Å². The molecule has 296 valence electrons. The standard InChI is InChI=1S/C60H40N2S/c1-5-18-41(19-6-1)44-32-35-48(42-20-7-2-8-21-42)57(38-44)61(47-34-37-51-50-26-13-15-30-56(50)62(58(51)40-47)45-24-11-4-12-25-45)46-33-36-49(55(39-46)43-22-9-3-10-23-43)53-28-17-29-54-52-27-14-16-31-59(52)63-60(53)54/h1-40H. The molecule has 0 spiro atoms. The van der Waals surface area contributed by atoms with Crippen LogP contribution in [0.5, 0.6) is 0 Å². The van der Waals surface area contributed by atoms with E-state index in [2.05, 4.69) is 252 Å². The zero-order chi connectivity index (χ0) is 41.7. The van der Waals surface area contributed by atoms with Gasteiger partial charge >= 0.3 is 0 Å². The average molecular weight is 821 g/mol. The predicted molar refractivity (Wildman–Crippen MR) is 270 cm³/mol. The van der Waals surface area contributed by atoms with E-state index >= 15 is 0 Å². The Hall–Kier alpha value is -7.98. The van der Waals surface area contributed by atoms with Crippen LogP contribution in [0.3, 0.4) is 0 Å². The third-order valence-electron chi connectivity index (χ3n) is 12.4. The van der Waals surface area contributed by atoms with Crippen molar-refractivity contribution in [3.05, 3.63) is 243 Å². The van der Waals surface area contributed by atoms with Crippen molar-refractivity contribution in [2.45, 2.75) is 0 Å². The average Bonchev–Trinajstić information content (AvgIpc) is 3.91. The molecule has 0 unspecified atom stereocenters. The number of fused-ring (bicyclic) bond motifs is 6. The van der Waals surface area contributed by atoms with Crippen LogP contribution in [0.2, 0.25) is 0 Å². The molecule has 0 radical (unpaired) electrons. The zero-order valence-corrected chi connectivity index (χ0v) is 35.2. The minimum atomic E-state index is 1.07. The van der Waals surface area contributed by atoms with Crippen molar-refractivity contribution in [1.29, 1.82) is 0 Å². The van der Waals surface area contributed by atoms with Crippen LogP contribution in [0, 0.1) is 0 Å². The molecule has 3 heteroatoms. The highest BCUT2D eigenvalue weighted by atomic mass is 32.1. The Balaban J connectivity index is 1.16. The van der Waals surface area contributed by atoms with E-state index in [1.807, 2.05) is 11.3 Å². The summed E-state index contributed by atoms with van der Waals surface area (Å²) in [5.74, 6) is 0. The maximum absolute atomic E-state index is 2.48. The van der Waals surface area contributed by atoms with Crippen LogP contribution < -0.4 is 4.90 Å². The third kappa shape index (κ3) is 6.41. The van der Waals surface area contributed by atoms with Gasteiger partial charge in [0, 0.05) is 59.1 Å². The number of aromatic nitrogens is 1. The molecule has 2 aromatic heterocycles. The van der Waals surface area contributed by atoms with E-state index in [1.54, 1.807) is 0 Å². The van der Waals surface area contributed by atoms with E-state index < -0.39 is 0 Å². The van der Waals surface area contributed by atoms with Gasteiger partial charge in [-0.1, -0.05) is 188 Å². The molecule has 0 aliphatic rings. The van der Waals surface area contributed by atoms with Crippen LogP contribution in [0.25, 0.3) is 92.2 Å². The van der Waals surface area contributed by atoms with Gasteiger partial charge in [-0.25, -0.2) is 0 Å². The fourth-order valence-electron chi connectivity index (χ4n) is 9.49. The Morgan fingerprint density at radius 3 is 1.65 bits per heavy atom. The molecule has 0 aliphatic heterocycles. The van der Waals surface area contributed by atoms with Crippen molar-refractivity contribution in [3.63, 3.8) is 0 Å². The number of hydrogen-bond acceptors (Lipinski definition) is 2. The van der Waals surface area contributed by atoms with E-state index in [1.165, 1.54) is 64.3 Å². The number of anilines is 3. The van der Waals surface area contributed by atoms with Gasteiger partial charge in [-0.15, -0.1) is 11.3 Å². The molecular formula is C60H40N2S. The Labute approximate surface area is 370 Å². The summed E-state index contributed by atoms with van der Waals surface area (Å²) in [5.41, 5.74) is 16.2. The molecule has 63 heavy (non-hydrogen) atoms. The van der Waals surface area contributed by atoms with Crippen molar-refractivity contribution in [3.8, 4) is 50.2 Å². The van der Waals surface area contributed by atoms with Crippen molar-refractivity contribution in [2.24, 2.45) is 0 Å². The molecule has 10 aromatic carbocycles. The first-order valence-electron chi connectivity index (χ1n) is 21.5. The lowest BCUT2D eigenvalue weighted by molar-refractivity contribution is 1.18. The third-order valence-corrected chi connectivity index (χ3v) is 13.6. The first kappa shape index (κ1) is 36.8. The van der Waals surface area contributed by atoms with Gasteiger partial charge in [-0.2, -0.15) is 0 Å². The Morgan fingerprint density at radius 1 is 0.317 bits per heavy atom. The first-order chi connectivity index (χ1) is 31.3. The van der Waals surface area contributed by atoms with Gasteiger partial charge in [-0.3, -0.25) is 0 Å². The molecule has 0 saturated carbocycles. The molecule has 0 saturated heterocycles. The van der Waals surface area contributed by atoms with Crippen molar-refractivity contribution in [2.75, 3.05) is 4.90 Å². The predicted octanol–water partition coefficient (Wildman–Crippen LogP) is 17.3. The van der Waals surface area contributed by atoms with Crippen LogP contribution in [-0.2, 0) is 0 Å². The van der Waals surface area contributed by atoms with E-state index in [0.29, 0.717) is 0 Å². The number of hydrogen-bond donors (Lipinski definition) is 0. The van der Waals surface area contributed by atoms with Crippen LogP contribution >= 0.6 is 11.3 Å². The highest BCUT2D eigenvalue weighted by Crippen LogP contribution is 2.48. The molecule has 12 aromatic rings. The molecule has 0 atom stereocenters. The van der Waals surface area contributed by atoms with E-state index in [-0.39, 0.29) is 0 Å². The number of rotatable bonds is 8. The Morgan fingerprint density at radius 2 is 0.889 bits per heavy atom. The maximum atomic E-state index is 2.48. The first-order valence-corrected chi connectivity index (χ1v) is 22.3. The summed E-state index contributed by atoms with van der Waals surface area (Å²) in [7, 11) is 0. The summed E-state index contributed by atoms with van der Waals surface area (Å²) in [5, 5.41) is 5.05. The summed E-state index contributed by atoms with van der Waals surface area (Å²) in [6.07, 6.45) is 0. The molecule has 0 aliphatic carbocycles. The minimum Gasteiger partial charge on any atom is -0.310 e.